The lowest BCUT2D eigenvalue weighted by atomic mass is 9.94. The van der Waals surface area contributed by atoms with Crippen LogP contribution in [0.5, 0.6) is 0 Å². The number of nitrogens with one attached hydrogen (secondary N) is 2. The van der Waals surface area contributed by atoms with Crippen LogP contribution in [0.25, 0.3) is 10.8 Å². The van der Waals surface area contributed by atoms with Gasteiger partial charge in [-0.3, -0.25) is 9.59 Å². The Morgan fingerprint density at radius 2 is 2.00 bits per heavy atom. The van der Waals surface area contributed by atoms with E-state index in [-0.39, 0.29) is 11.5 Å². The molecule has 3 rings (SSSR count). The Hall–Kier alpha value is -2.14. The SMILES string of the molecule is CN(CCCNC(=O)c1cc2ccccc2c(=O)[nH]1)C1CCCCC1. The number of nitrogens with zero attached hydrogens (tertiary/aromatic N) is 1. The summed E-state index contributed by atoms with van der Waals surface area (Å²) in [6, 6.07) is 9.73. The average molecular weight is 341 g/mol. The van der Waals surface area contributed by atoms with Crippen LogP contribution in [-0.2, 0) is 0 Å². The Morgan fingerprint density at radius 3 is 2.80 bits per heavy atom. The molecule has 1 heterocycles. The Labute approximate surface area is 148 Å². The van der Waals surface area contributed by atoms with Gasteiger partial charge in [0.05, 0.1) is 0 Å². The molecule has 134 valence electrons. The molecule has 0 saturated heterocycles. The lowest BCUT2D eigenvalue weighted by molar-refractivity contribution is 0.0945. The molecule has 1 aliphatic rings. The normalized spacial score (nSPS) is 15.6. The number of amides is 1. The van der Waals surface area contributed by atoms with Gasteiger partial charge in [-0.2, -0.15) is 0 Å². The number of aromatic nitrogens is 1. The molecule has 0 spiro atoms. The fourth-order valence-corrected chi connectivity index (χ4v) is 3.66. The van der Waals surface area contributed by atoms with Gasteiger partial charge in [0, 0.05) is 18.0 Å². The molecule has 0 bridgehead atoms. The Kier molecular flexibility index (Phi) is 5.87. The molecule has 0 atom stereocenters. The summed E-state index contributed by atoms with van der Waals surface area (Å²) in [6.07, 6.45) is 7.53. The third-order valence-corrected chi connectivity index (χ3v) is 5.17. The minimum absolute atomic E-state index is 0.219. The molecule has 0 radical (unpaired) electrons. The van der Waals surface area contributed by atoms with Crippen molar-refractivity contribution in [3.63, 3.8) is 0 Å². The van der Waals surface area contributed by atoms with E-state index >= 15 is 0 Å². The van der Waals surface area contributed by atoms with Crippen molar-refractivity contribution in [2.45, 2.75) is 44.6 Å². The van der Waals surface area contributed by atoms with Crippen molar-refractivity contribution in [2.24, 2.45) is 0 Å². The standard InChI is InChI=1S/C20H27N3O2/c1-23(16-9-3-2-4-10-16)13-7-12-21-20(25)18-14-15-8-5-6-11-17(15)19(24)22-18/h5-6,8,11,14,16H,2-4,7,9-10,12-13H2,1H3,(H,21,25)(H,22,24). The fourth-order valence-electron chi connectivity index (χ4n) is 3.66. The molecule has 2 N–H and O–H groups in total. The van der Waals surface area contributed by atoms with Crippen LogP contribution in [0.15, 0.2) is 35.1 Å². The van der Waals surface area contributed by atoms with Crippen molar-refractivity contribution in [1.29, 1.82) is 0 Å². The smallest absolute Gasteiger partial charge is 0.267 e. The summed E-state index contributed by atoms with van der Waals surface area (Å²) in [5, 5.41) is 4.30. The predicted octanol–water partition coefficient (Wildman–Crippen LogP) is 2.91. The van der Waals surface area contributed by atoms with Crippen LogP contribution in [-0.4, -0.2) is 42.0 Å². The maximum Gasteiger partial charge on any atom is 0.267 e. The Balaban J connectivity index is 1.50. The Bertz CT molecular complexity index is 778. The lowest BCUT2D eigenvalue weighted by Gasteiger charge is -2.31. The van der Waals surface area contributed by atoms with Crippen molar-refractivity contribution in [3.8, 4) is 0 Å². The van der Waals surface area contributed by atoms with E-state index < -0.39 is 0 Å². The summed E-state index contributed by atoms with van der Waals surface area (Å²) >= 11 is 0. The number of fused-ring (bicyclic) bond motifs is 1. The molecule has 0 unspecified atom stereocenters. The van der Waals surface area contributed by atoms with E-state index in [2.05, 4.69) is 22.2 Å². The molecule has 1 amide bonds. The van der Waals surface area contributed by atoms with Crippen molar-refractivity contribution in [2.75, 3.05) is 20.1 Å². The van der Waals surface area contributed by atoms with Crippen LogP contribution in [0, 0.1) is 0 Å². The monoisotopic (exact) mass is 341 g/mol. The second-order valence-electron chi connectivity index (χ2n) is 6.98. The number of pyridine rings is 1. The molecule has 0 aliphatic heterocycles. The third-order valence-electron chi connectivity index (χ3n) is 5.17. The first kappa shape index (κ1) is 17.7. The third kappa shape index (κ3) is 4.48. The summed E-state index contributed by atoms with van der Waals surface area (Å²) in [7, 11) is 2.18. The van der Waals surface area contributed by atoms with Crippen LogP contribution in [0.2, 0.25) is 0 Å². The van der Waals surface area contributed by atoms with E-state index in [4.69, 9.17) is 0 Å². The van der Waals surface area contributed by atoms with Crippen LogP contribution in [0.3, 0.4) is 0 Å². The quantitative estimate of drug-likeness (QED) is 0.794. The van der Waals surface area contributed by atoms with E-state index in [0.717, 1.165) is 18.4 Å². The zero-order valence-corrected chi connectivity index (χ0v) is 14.9. The van der Waals surface area contributed by atoms with Gasteiger partial charge in [-0.1, -0.05) is 37.5 Å². The molecule has 1 aromatic carbocycles. The molecule has 5 nitrogen and oxygen atoms in total. The first-order valence-corrected chi connectivity index (χ1v) is 9.25. The van der Waals surface area contributed by atoms with Crippen molar-refractivity contribution in [3.05, 3.63) is 46.4 Å². The zero-order valence-electron chi connectivity index (χ0n) is 14.9. The second kappa shape index (κ2) is 8.30. The highest BCUT2D eigenvalue weighted by atomic mass is 16.2. The molecule has 1 fully saturated rings. The first-order valence-electron chi connectivity index (χ1n) is 9.25. The van der Waals surface area contributed by atoms with Gasteiger partial charge in [0.2, 0.25) is 0 Å². The molecule has 1 aromatic heterocycles. The van der Waals surface area contributed by atoms with Crippen molar-refractivity contribution < 1.29 is 4.79 Å². The summed E-state index contributed by atoms with van der Waals surface area (Å²) < 4.78 is 0. The maximum absolute atomic E-state index is 12.3. The molecular weight excluding hydrogens is 314 g/mol. The number of carbonyl (C=O) groups excluding carboxylic acids is 1. The van der Waals surface area contributed by atoms with E-state index in [1.54, 1.807) is 12.1 Å². The number of H-pyrrole nitrogens is 1. The zero-order chi connectivity index (χ0) is 17.6. The van der Waals surface area contributed by atoms with Crippen molar-refractivity contribution in [1.82, 2.24) is 15.2 Å². The van der Waals surface area contributed by atoms with Gasteiger partial charge in [0.25, 0.3) is 11.5 Å². The number of benzene rings is 1. The lowest BCUT2D eigenvalue weighted by Crippen LogP contribution is -2.36. The molecule has 1 saturated carbocycles. The largest absolute Gasteiger partial charge is 0.351 e. The van der Waals surface area contributed by atoms with E-state index in [1.165, 1.54) is 32.1 Å². The number of carbonyl (C=O) groups is 1. The minimum Gasteiger partial charge on any atom is -0.351 e. The first-order chi connectivity index (χ1) is 12.1. The summed E-state index contributed by atoms with van der Waals surface area (Å²) in [5.74, 6) is -0.219. The molecule has 25 heavy (non-hydrogen) atoms. The van der Waals surface area contributed by atoms with E-state index in [0.29, 0.717) is 23.7 Å². The number of hydrogen-bond donors (Lipinski definition) is 2. The second-order valence-corrected chi connectivity index (χ2v) is 6.98. The van der Waals surface area contributed by atoms with Gasteiger partial charge >= 0.3 is 0 Å². The number of rotatable bonds is 6. The van der Waals surface area contributed by atoms with Gasteiger partial charge in [-0.25, -0.2) is 0 Å². The van der Waals surface area contributed by atoms with Gasteiger partial charge in [-0.05, 0) is 50.4 Å². The maximum atomic E-state index is 12.3. The van der Waals surface area contributed by atoms with Gasteiger partial charge < -0.3 is 15.2 Å². The summed E-state index contributed by atoms with van der Waals surface area (Å²) in [4.78, 5) is 29.4. The minimum atomic E-state index is -0.222. The average Bonchev–Trinajstić information content (AvgIpc) is 2.65. The van der Waals surface area contributed by atoms with Crippen LogP contribution >= 0.6 is 0 Å². The van der Waals surface area contributed by atoms with Gasteiger partial charge in [-0.15, -0.1) is 0 Å². The highest BCUT2D eigenvalue weighted by Gasteiger charge is 2.17. The van der Waals surface area contributed by atoms with Crippen molar-refractivity contribution >= 4 is 16.7 Å². The van der Waals surface area contributed by atoms with Crippen LogP contribution in [0.1, 0.15) is 49.0 Å². The van der Waals surface area contributed by atoms with Gasteiger partial charge in [0.1, 0.15) is 5.69 Å². The predicted molar refractivity (Wildman–Crippen MR) is 101 cm³/mol. The van der Waals surface area contributed by atoms with E-state index in [1.807, 2.05) is 18.2 Å². The van der Waals surface area contributed by atoms with Gasteiger partial charge in [0.15, 0.2) is 0 Å². The topological polar surface area (TPSA) is 65.2 Å². The number of hydrogen-bond acceptors (Lipinski definition) is 3. The summed E-state index contributed by atoms with van der Waals surface area (Å²) in [5.41, 5.74) is 0.101. The Morgan fingerprint density at radius 1 is 1.24 bits per heavy atom. The number of aromatic amines is 1. The molecule has 5 heteroatoms. The van der Waals surface area contributed by atoms with E-state index in [9.17, 15) is 9.59 Å². The molecule has 1 aliphatic carbocycles. The summed E-state index contributed by atoms with van der Waals surface area (Å²) in [6.45, 7) is 1.60. The highest BCUT2D eigenvalue weighted by molar-refractivity contribution is 5.96. The molecule has 2 aromatic rings. The van der Waals surface area contributed by atoms with Crippen LogP contribution < -0.4 is 10.9 Å². The highest BCUT2D eigenvalue weighted by Crippen LogP contribution is 2.21. The fraction of sp³-hybridized carbons (Fsp3) is 0.500. The van der Waals surface area contributed by atoms with Crippen LogP contribution in [0.4, 0.5) is 0 Å². The molecular formula is C20H27N3O2.